The van der Waals surface area contributed by atoms with E-state index in [2.05, 4.69) is 24.3 Å². The molecule has 0 atom stereocenters. The molecule has 0 unspecified atom stereocenters. The second kappa shape index (κ2) is 13.4. The topological polar surface area (TPSA) is 9.23 Å². The monoisotopic (exact) mass is 480 g/mol. The molecule has 0 spiro atoms. The van der Waals surface area contributed by atoms with Crippen LogP contribution in [0.1, 0.15) is 74.8 Å². The number of benzene rings is 2. The maximum absolute atomic E-state index is 12.5. The van der Waals surface area contributed by atoms with Gasteiger partial charge in [-0.25, -0.2) is 8.78 Å². The van der Waals surface area contributed by atoms with E-state index in [9.17, 15) is 13.2 Å². The van der Waals surface area contributed by atoms with Gasteiger partial charge in [0.05, 0.1) is 18.3 Å². The minimum absolute atomic E-state index is 0.0589. The summed E-state index contributed by atoms with van der Waals surface area (Å²) in [5.41, 5.74) is 2.78. The van der Waals surface area contributed by atoms with Crippen molar-refractivity contribution in [3.05, 3.63) is 70.2 Å². The quantitative estimate of drug-likeness (QED) is 0.375. The van der Waals surface area contributed by atoms with Crippen LogP contribution in [0.2, 0.25) is 5.02 Å². The molecule has 0 radical (unpaired) electrons. The predicted octanol–water partition coefficient (Wildman–Crippen LogP) is 8.89. The number of halogens is 4. The number of hydrogen-bond donors (Lipinski definition) is 0. The average molecular weight is 481 g/mol. The van der Waals surface area contributed by atoms with E-state index >= 15 is 0 Å². The lowest BCUT2D eigenvalue weighted by Gasteiger charge is -2.38. The van der Waals surface area contributed by atoms with E-state index in [0.29, 0.717) is 12.5 Å². The molecule has 2 aromatic rings. The van der Waals surface area contributed by atoms with Crippen LogP contribution >= 0.6 is 11.6 Å². The van der Waals surface area contributed by atoms with E-state index in [0.717, 1.165) is 36.3 Å². The summed E-state index contributed by atoms with van der Waals surface area (Å²) in [6.45, 7) is 0.585. The summed E-state index contributed by atoms with van der Waals surface area (Å²) < 4.78 is 41.9. The van der Waals surface area contributed by atoms with E-state index in [4.69, 9.17) is 16.3 Å². The first-order valence-electron chi connectivity index (χ1n) is 12.2. The lowest BCUT2D eigenvalue weighted by atomic mass is 9.68. The molecule has 2 aliphatic carbocycles. The van der Waals surface area contributed by atoms with Gasteiger partial charge in [-0.1, -0.05) is 48.7 Å². The lowest BCUT2D eigenvalue weighted by molar-refractivity contribution is 0.153. The summed E-state index contributed by atoms with van der Waals surface area (Å²) in [4.78, 5) is 0. The van der Waals surface area contributed by atoms with Crippen LogP contribution in [0.5, 0.6) is 0 Å². The second-order valence-corrected chi connectivity index (χ2v) is 10.0. The molecular weight excluding hydrogens is 445 g/mol. The van der Waals surface area contributed by atoms with Crippen molar-refractivity contribution >= 4 is 11.6 Å². The van der Waals surface area contributed by atoms with Gasteiger partial charge in [-0.2, -0.15) is 0 Å². The Balaban J connectivity index is 0.000000286. The van der Waals surface area contributed by atoms with Gasteiger partial charge in [-0.05, 0) is 91.9 Å². The van der Waals surface area contributed by atoms with Gasteiger partial charge in [-0.15, -0.1) is 0 Å². The fourth-order valence-electron chi connectivity index (χ4n) is 5.55. The van der Waals surface area contributed by atoms with Gasteiger partial charge in [0, 0.05) is 13.2 Å². The molecule has 2 aromatic carbocycles. The van der Waals surface area contributed by atoms with E-state index < -0.39 is 11.6 Å². The molecule has 0 heterocycles. The van der Waals surface area contributed by atoms with Crippen LogP contribution in [0.15, 0.2) is 42.5 Å². The third kappa shape index (κ3) is 8.03. The van der Waals surface area contributed by atoms with Crippen molar-refractivity contribution in [2.75, 3.05) is 13.8 Å². The predicted molar refractivity (Wildman–Crippen MR) is 129 cm³/mol. The van der Waals surface area contributed by atoms with Gasteiger partial charge >= 0.3 is 0 Å². The number of rotatable bonds is 6. The van der Waals surface area contributed by atoms with Gasteiger partial charge < -0.3 is 4.74 Å². The summed E-state index contributed by atoms with van der Waals surface area (Å²) in [6.07, 6.45) is 11.5. The molecule has 2 fully saturated rings. The molecule has 5 heteroatoms. The molecule has 4 rings (SSSR count). The second-order valence-electron chi connectivity index (χ2n) is 9.60. The van der Waals surface area contributed by atoms with Crippen molar-refractivity contribution in [2.24, 2.45) is 17.8 Å². The fourth-order valence-corrected chi connectivity index (χ4v) is 5.67. The SMILES string of the molecule is COCc1ccc(C2CCC(C3CCC(CCF)CC3)CC2)cc1.Fc1ccc(Cl)c(F)c1. The summed E-state index contributed by atoms with van der Waals surface area (Å²) in [6, 6.07) is 12.1. The maximum atomic E-state index is 12.5. The van der Waals surface area contributed by atoms with Crippen LogP contribution < -0.4 is 0 Å². The Labute approximate surface area is 201 Å². The normalized spacial score (nSPS) is 25.2. The smallest absolute Gasteiger partial charge is 0.144 e. The van der Waals surface area contributed by atoms with Crippen molar-refractivity contribution in [3.8, 4) is 0 Å². The minimum atomic E-state index is -0.725. The van der Waals surface area contributed by atoms with Crippen molar-refractivity contribution in [3.63, 3.8) is 0 Å². The van der Waals surface area contributed by atoms with Crippen LogP contribution in [-0.4, -0.2) is 13.8 Å². The summed E-state index contributed by atoms with van der Waals surface area (Å²) in [7, 11) is 1.75. The van der Waals surface area contributed by atoms with Gasteiger partial charge in [0.15, 0.2) is 0 Å². The standard InChI is InChI=1S/C22H33FO.C6H3ClF2/c1-24-16-18-4-8-20(9-5-18)22-12-10-21(11-13-22)19-6-2-17(3-7-19)14-15-23;7-5-2-1-4(8)3-6(5)9/h4-5,8-9,17,19,21-22H,2-3,6-7,10-16H2,1H3;1-3H. The van der Waals surface area contributed by atoms with Crippen molar-refractivity contribution in [2.45, 2.75) is 70.3 Å². The molecular formula is C28H36ClF3O. The number of ether oxygens (including phenoxy) is 1. The number of methoxy groups -OCH3 is 1. The Kier molecular flexibility index (Phi) is 10.6. The highest BCUT2D eigenvalue weighted by atomic mass is 35.5. The van der Waals surface area contributed by atoms with Crippen LogP contribution in [0, 0.1) is 29.4 Å². The number of alkyl halides is 1. The summed E-state index contributed by atoms with van der Waals surface area (Å²) in [5.74, 6) is 1.94. The molecule has 2 aliphatic rings. The first kappa shape index (κ1) is 26.1. The van der Waals surface area contributed by atoms with E-state index in [-0.39, 0.29) is 11.7 Å². The zero-order valence-corrected chi connectivity index (χ0v) is 20.3. The van der Waals surface area contributed by atoms with Gasteiger partial charge in [0.25, 0.3) is 0 Å². The summed E-state index contributed by atoms with van der Waals surface area (Å²) in [5, 5.41) is -0.0589. The molecule has 0 saturated heterocycles. The Bertz CT molecular complexity index is 826. The Morgan fingerprint density at radius 3 is 1.97 bits per heavy atom. The Hall–Kier alpha value is -1.52. The molecule has 0 N–H and O–H groups in total. The number of hydrogen-bond acceptors (Lipinski definition) is 1. The first-order chi connectivity index (χ1) is 16.0. The molecule has 0 aliphatic heterocycles. The van der Waals surface area contributed by atoms with Crippen LogP contribution in [0.25, 0.3) is 0 Å². The first-order valence-corrected chi connectivity index (χ1v) is 12.6. The average Bonchev–Trinajstić information content (AvgIpc) is 2.84. The maximum Gasteiger partial charge on any atom is 0.144 e. The van der Waals surface area contributed by atoms with Gasteiger partial charge in [0.1, 0.15) is 11.6 Å². The zero-order valence-electron chi connectivity index (χ0n) is 19.5. The third-order valence-electron chi connectivity index (χ3n) is 7.49. The Morgan fingerprint density at radius 1 is 0.848 bits per heavy atom. The van der Waals surface area contributed by atoms with Crippen LogP contribution in [-0.2, 0) is 11.3 Å². The van der Waals surface area contributed by atoms with E-state index in [1.54, 1.807) is 7.11 Å². The summed E-state index contributed by atoms with van der Waals surface area (Å²) >= 11 is 5.24. The van der Waals surface area contributed by atoms with Crippen LogP contribution in [0.4, 0.5) is 13.2 Å². The van der Waals surface area contributed by atoms with E-state index in [1.165, 1.54) is 68.6 Å². The van der Waals surface area contributed by atoms with Gasteiger partial charge in [0.2, 0.25) is 0 Å². The van der Waals surface area contributed by atoms with Crippen molar-refractivity contribution in [1.82, 2.24) is 0 Å². The molecule has 182 valence electrons. The highest BCUT2D eigenvalue weighted by Gasteiger charge is 2.31. The molecule has 0 aromatic heterocycles. The van der Waals surface area contributed by atoms with Crippen molar-refractivity contribution < 1.29 is 17.9 Å². The lowest BCUT2D eigenvalue weighted by Crippen LogP contribution is -2.25. The highest BCUT2D eigenvalue weighted by Crippen LogP contribution is 2.44. The van der Waals surface area contributed by atoms with Gasteiger partial charge in [-0.3, -0.25) is 4.39 Å². The highest BCUT2D eigenvalue weighted by molar-refractivity contribution is 6.30. The zero-order chi connectivity index (χ0) is 23.6. The minimum Gasteiger partial charge on any atom is -0.380 e. The largest absolute Gasteiger partial charge is 0.380 e. The van der Waals surface area contributed by atoms with Crippen molar-refractivity contribution in [1.29, 1.82) is 0 Å². The third-order valence-corrected chi connectivity index (χ3v) is 7.80. The molecule has 2 saturated carbocycles. The van der Waals surface area contributed by atoms with Crippen LogP contribution in [0.3, 0.4) is 0 Å². The van der Waals surface area contributed by atoms with E-state index in [1.807, 2.05) is 0 Å². The molecule has 0 amide bonds. The molecule has 0 bridgehead atoms. The molecule has 1 nitrogen and oxygen atoms in total. The molecule has 33 heavy (non-hydrogen) atoms. The fraction of sp³-hybridized carbons (Fsp3) is 0.571. The Morgan fingerprint density at radius 2 is 1.45 bits per heavy atom.